The monoisotopic (exact) mass is 352 g/mol. The Hall–Kier alpha value is -0.380. The Morgan fingerprint density at radius 3 is 2.62 bits per heavy atom. The third-order valence-corrected chi connectivity index (χ3v) is 5.23. The lowest BCUT2D eigenvalue weighted by molar-refractivity contribution is 0.171. The lowest BCUT2D eigenvalue weighted by Gasteiger charge is -2.32. The maximum Gasteiger partial charge on any atom is 0.0244 e. The average Bonchev–Trinajstić information content (AvgIpc) is 2.50. The third kappa shape index (κ3) is 5.39. The molecule has 118 valence electrons. The van der Waals surface area contributed by atoms with Gasteiger partial charge in [-0.15, -0.1) is 0 Å². The largest absolute Gasteiger partial charge is 0.313 e. The number of halogens is 1. The van der Waals surface area contributed by atoms with Crippen LogP contribution in [-0.2, 0) is 13.1 Å². The molecule has 0 bridgehead atoms. The predicted octanol–water partition coefficient (Wildman–Crippen LogP) is 4.57. The van der Waals surface area contributed by atoms with Crippen LogP contribution in [0.4, 0.5) is 0 Å². The zero-order valence-electron chi connectivity index (χ0n) is 13.5. The van der Waals surface area contributed by atoms with E-state index in [0.717, 1.165) is 25.6 Å². The molecule has 21 heavy (non-hydrogen) atoms. The van der Waals surface area contributed by atoms with Gasteiger partial charge in [0.1, 0.15) is 0 Å². The van der Waals surface area contributed by atoms with Crippen molar-refractivity contribution < 1.29 is 0 Å². The number of rotatable bonds is 7. The molecular weight excluding hydrogens is 324 g/mol. The van der Waals surface area contributed by atoms with Crippen LogP contribution < -0.4 is 5.32 Å². The van der Waals surface area contributed by atoms with Crippen molar-refractivity contribution in [3.8, 4) is 0 Å². The van der Waals surface area contributed by atoms with E-state index in [-0.39, 0.29) is 0 Å². The Balaban J connectivity index is 1.86. The molecule has 1 aromatic carbocycles. The summed E-state index contributed by atoms with van der Waals surface area (Å²) in [6, 6.07) is 6.81. The van der Waals surface area contributed by atoms with Crippen molar-refractivity contribution in [3.63, 3.8) is 0 Å². The van der Waals surface area contributed by atoms with Crippen LogP contribution in [0.5, 0.6) is 0 Å². The van der Waals surface area contributed by atoms with Gasteiger partial charge in [-0.3, -0.25) is 4.90 Å². The van der Waals surface area contributed by atoms with Crippen molar-refractivity contribution >= 4 is 15.9 Å². The fraction of sp³-hybridized carbons (Fsp3) is 0.667. The number of nitrogens with one attached hydrogen (secondary N) is 1. The second-order valence-electron chi connectivity index (χ2n) is 6.21. The molecule has 1 aliphatic heterocycles. The van der Waals surface area contributed by atoms with Crippen LogP contribution in [0, 0.1) is 5.92 Å². The van der Waals surface area contributed by atoms with Gasteiger partial charge in [0.15, 0.2) is 0 Å². The first kappa shape index (κ1) is 17.0. The summed E-state index contributed by atoms with van der Waals surface area (Å²) in [5.41, 5.74) is 2.78. The molecule has 0 aromatic heterocycles. The van der Waals surface area contributed by atoms with Gasteiger partial charge in [0.25, 0.3) is 0 Å². The molecular formula is C18H29BrN2. The Morgan fingerprint density at radius 1 is 1.24 bits per heavy atom. The van der Waals surface area contributed by atoms with E-state index in [0.29, 0.717) is 0 Å². The summed E-state index contributed by atoms with van der Waals surface area (Å²) in [7, 11) is 0. The number of nitrogens with zero attached hydrogens (tertiary/aromatic N) is 1. The van der Waals surface area contributed by atoms with Crippen LogP contribution in [0.1, 0.15) is 50.7 Å². The van der Waals surface area contributed by atoms with Crippen molar-refractivity contribution in [3.05, 3.63) is 33.8 Å². The maximum atomic E-state index is 3.75. The zero-order chi connectivity index (χ0) is 15.1. The van der Waals surface area contributed by atoms with E-state index in [1.165, 1.54) is 54.4 Å². The molecule has 1 saturated heterocycles. The SMILES string of the molecule is CCCC1CCN(Cc2ccc(CNCC)cc2Br)CC1. The van der Waals surface area contributed by atoms with Crippen LogP contribution >= 0.6 is 15.9 Å². The molecule has 2 rings (SSSR count). The second-order valence-corrected chi connectivity index (χ2v) is 7.07. The van der Waals surface area contributed by atoms with E-state index in [1.54, 1.807) is 0 Å². The van der Waals surface area contributed by atoms with E-state index in [1.807, 2.05) is 0 Å². The maximum absolute atomic E-state index is 3.75. The van der Waals surface area contributed by atoms with E-state index in [9.17, 15) is 0 Å². The van der Waals surface area contributed by atoms with Crippen LogP contribution in [0.25, 0.3) is 0 Å². The van der Waals surface area contributed by atoms with E-state index in [2.05, 4.69) is 58.2 Å². The minimum atomic E-state index is 0.956. The lowest BCUT2D eigenvalue weighted by Crippen LogP contribution is -2.33. The highest BCUT2D eigenvalue weighted by Gasteiger charge is 2.19. The summed E-state index contributed by atoms with van der Waals surface area (Å²) < 4.78 is 1.26. The fourth-order valence-electron chi connectivity index (χ4n) is 3.18. The lowest BCUT2D eigenvalue weighted by atomic mass is 9.92. The molecule has 0 atom stereocenters. The summed E-state index contributed by atoms with van der Waals surface area (Å²) in [6.07, 6.45) is 5.51. The molecule has 1 aromatic rings. The standard InChI is InChI=1S/C18H29BrN2/c1-3-5-15-8-10-21(11-9-15)14-17-7-6-16(12-18(17)19)13-20-4-2/h6-7,12,15,20H,3-5,8-11,13-14H2,1-2H3. The molecule has 1 heterocycles. The molecule has 1 fully saturated rings. The molecule has 0 radical (unpaired) electrons. The van der Waals surface area contributed by atoms with Gasteiger partial charge >= 0.3 is 0 Å². The van der Waals surface area contributed by atoms with E-state index >= 15 is 0 Å². The van der Waals surface area contributed by atoms with E-state index in [4.69, 9.17) is 0 Å². The highest BCUT2D eigenvalue weighted by atomic mass is 79.9. The van der Waals surface area contributed by atoms with Gasteiger partial charge in [-0.25, -0.2) is 0 Å². The summed E-state index contributed by atoms with van der Waals surface area (Å²) in [5, 5.41) is 3.38. The van der Waals surface area contributed by atoms with E-state index < -0.39 is 0 Å². The molecule has 0 aliphatic carbocycles. The summed E-state index contributed by atoms with van der Waals surface area (Å²) in [5.74, 6) is 0.970. The topological polar surface area (TPSA) is 15.3 Å². The highest BCUT2D eigenvalue weighted by molar-refractivity contribution is 9.10. The van der Waals surface area contributed by atoms with Gasteiger partial charge in [-0.1, -0.05) is 54.8 Å². The molecule has 2 nitrogen and oxygen atoms in total. The van der Waals surface area contributed by atoms with Crippen molar-refractivity contribution in [2.24, 2.45) is 5.92 Å². The molecule has 3 heteroatoms. The summed E-state index contributed by atoms with van der Waals surface area (Å²) in [6.45, 7) is 10.0. The van der Waals surface area contributed by atoms with Crippen LogP contribution in [0.3, 0.4) is 0 Å². The first-order valence-corrected chi connectivity index (χ1v) is 9.22. The third-order valence-electron chi connectivity index (χ3n) is 4.49. The second kappa shape index (κ2) is 8.92. The molecule has 0 amide bonds. The number of likely N-dealkylation sites (tertiary alicyclic amines) is 1. The molecule has 0 spiro atoms. The Kier molecular flexibility index (Phi) is 7.21. The van der Waals surface area contributed by atoms with Gasteiger partial charge in [-0.2, -0.15) is 0 Å². The molecule has 1 aliphatic rings. The van der Waals surface area contributed by atoms with Crippen LogP contribution in [0.2, 0.25) is 0 Å². The molecule has 0 saturated carbocycles. The summed E-state index contributed by atoms with van der Waals surface area (Å²) in [4.78, 5) is 2.61. The van der Waals surface area contributed by atoms with Crippen molar-refractivity contribution in [2.45, 2.75) is 52.6 Å². The van der Waals surface area contributed by atoms with Crippen LogP contribution in [0.15, 0.2) is 22.7 Å². The minimum absolute atomic E-state index is 0.956. The van der Waals surface area contributed by atoms with Gasteiger partial charge in [-0.05, 0) is 55.6 Å². The van der Waals surface area contributed by atoms with Gasteiger partial charge in [0.2, 0.25) is 0 Å². The van der Waals surface area contributed by atoms with Gasteiger partial charge < -0.3 is 5.32 Å². The smallest absolute Gasteiger partial charge is 0.0244 e. The summed E-state index contributed by atoms with van der Waals surface area (Å²) >= 11 is 3.75. The Labute approximate surface area is 138 Å². The Morgan fingerprint density at radius 2 is 2.00 bits per heavy atom. The fourth-order valence-corrected chi connectivity index (χ4v) is 3.73. The molecule has 0 unspecified atom stereocenters. The predicted molar refractivity (Wildman–Crippen MR) is 94.4 cm³/mol. The number of benzene rings is 1. The van der Waals surface area contributed by atoms with Gasteiger partial charge in [0, 0.05) is 17.6 Å². The number of piperidine rings is 1. The number of hydrogen-bond acceptors (Lipinski definition) is 2. The van der Waals surface area contributed by atoms with Crippen LogP contribution in [-0.4, -0.2) is 24.5 Å². The average molecular weight is 353 g/mol. The first-order chi connectivity index (χ1) is 10.2. The zero-order valence-corrected chi connectivity index (χ0v) is 15.1. The quantitative estimate of drug-likeness (QED) is 0.772. The van der Waals surface area contributed by atoms with Crippen molar-refractivity contribution in [2.75, 3.05) is 19.6 Å². The Bertz CT molecular complexity index is 425. The first-order valence-electron chi connectivity index (χ1n) is 8.43. The van der Waals surface area contributed by atoms with Crippen molar-refractivity contribution in [1.82, 2.24) is 10.2 Å². The normalized spacial score (nSPS) is 17.3. The minimum Gasteiger partial charge on any atom is -0.313 e. The molecule has 1 N–H and O–H groups in total. The van der Waals surface area contributed by atoms with Crippen molar-refractivity contribution in [1.29, 1.82) is 0 Å². The highest BCUT2D eigenvalue weighted by Crippen LogP contribution is 2.25. The van der Waals surface area contributed by atoms with Gasteiger partial charge in [0.05, 0.1) is 0 Å². The number of hydrogen-bond donors (Lipinski definition) is 1.